The highest BCUT2D eigenvalue weighted by molar-refractivity contribution is 5.79. The van der Waals surface area contributed by atoms with Gasteiger partial charge in [0.2, 0.25) is 5.91 Å². The minimum Gasteiger partial charge on any atom is -0.493 e. The largest absolute Gasteiger partial charge is 0.493 e. The molecule has 1 amide bonds. The molecular weight excluding hydrogens is 346 g/mol. The molecule has 2 heterocycles. The van der Waals surface area contributed by atoms with Crippen molar-refractivity contribution in [3.05, 3.63) is 41.2 Å². The van der Waals surface area contributed by atoms with Crippen molar-refractivity contribution in [2.45, 2.75) is 32.9 Å². The fraction of sp³-hybridized carbons (Fsp3) is 0.500. The van der Waals surface area contributed by atoms with Crippen molar-refractivity contribution in [1.29, 1.82) is 0 Å². The maximum atomic E-state index is 12.8. The quantitative estimate of drug-likeness (QED) is 0.807. The number of carbonyl (C=O) groups excluding carboxylic acids is 1. The first-order chi connectivity index (χ1) is 13.0. The second-order valence-corrected chi connectivity index (χ2v) is 6.63. The van der Waals surface area contributed by atoms with E-state index in [9.17, 15) is 4.79 Å². The number of benzene rings is 1. The van der Waals surface area contributed by atoms with E-state index in [0.29, 0.717) is 37.7 Å². The maximum absolute atomic E-state index is 12.8. The Morgan fingerprint density at radius 1 is 1.41 bits per heavy atom. The van der Waals surface area contributed by atoms with Gasteiger partial charge in [0.1, 0.15) is 0 Å². The first-order valence-corrected chi connectivity index (χ1v) is 9.22. The van der Waals surface area contributed by atoms with Crippen LogP contribution in [0.25, 0.3) is 0 Å². The molecule has 0 aliphatic carbocycles. The van der Waals surface area contributed by atoms with Gasteiger partial charge in [-0.25, -0.2) is 0 Å². The molecule has 0 radical (unpaired) electrons. The standard InChI is InChI=1S/C20H27N3O4/c1-5-26-18-10-14(6-7-17(18)25-4)11-21-20(24)15-8-9-27-19(15)16-12-22-23(3)13(16)2/h6-7,10,12,15,19H,5,8-9,11H2,1-4H3,(H,21,24)/t15-,19-/m0/s1. The van der Waals surface area contributed by atoms with E-state index >= 15 is 0 Å². The van der Waals surface area contributed by atoms with Gasteiger partial charge in [0.15, 0.2) is 11.5 Å². The molecule has 2 atom stereocenters. The van der Waals surface area contributed by atoms with E-state index in [1.54, 1.807) is 18.0 Å². The van der Waals surface area contributed by atoms with Crippen molar-refractivity contribution < 1.29 is 19.0 Å². The van der Waals surface area contributed by atoms with E-state index in [1.807, 2.05) is 39.1 Å². The van der Waals surface area contributed by atoms with Crippen LogP contribution >= 0.6 is 0 Å². The summed E-state index contributed by atoms with van der Waals surface area (Å²) in [6.07, 6.45) is 2.26. The molecule has 0 spiro atoms. The van der Waals surface area contributed by atoms with Crippen molar-refractivity contribution in [2.75, 3.05) is 20.3 Å². The van der Waals surface area contributed by atoms with Crippen LogP contribution in [-0.2, 0) is 23.1 Å². The van der Waals surface area contributed by atoms with E-state index < -0.39 is 0 Å². The summed E-state index contributed by atoms with van der Waals surface area (Å²) in [5.74, 6) is 1.15. The second kappa shape index (κ2) is 8.43. The van der Waals surface area contributed by atoms with E-state index in [2.05, 4.69) is 10.4 Å². The van der Waals surface area contributed by atoms with Crippen molar-refractivity contribution in [2.24, 2.45) is 13.0 Å². The van der Waals surface area contributed by atoms with Gasteiger partial charge >= 0.3 is 0 Å². The van der Waals surface area contributed by atoms with Crippen LogP contribution in [-0.4, -0.2) is 36.0 Å². The van der Waals surface area contributed by atoms with Gasteiger partial charge in [-0.05, 0) is 38.0 Å². The van der Waals surface area contributed by atoms with Gasteiger partial charge in [-0.2, -0.15) is 5.10 Å². The smallest absolute Gasteiger partial charge is 0.226 e. The van der Waals surface area contributed by atoms with Gasteiger partial charge in [0.25, 0.3) is 0 Å². The Kier molecular flexibility index (Phi) is 6.01. The Morgan fingerprint density at radius 3 is 2.89 bits per heavy atom. The summed E-state index contributed by atoms with van der Waals surface area (Å²) in [6.45, 7) is 5.48. The van der Waals surface area contributed by atoms with Gasteiger partial charge in [-0.1, -0.05) is 6.07 Å². The van der Waals surface area contributed by atoms with Crippen LogP contribution in [0.3, 0.4) is 0 Å². The summed E-state index contributed by atoms with van der Waals surface area (Å²) in [5.41, 5.74) is 2.97. The number of hydrogen-bond acceptors (Lipinski definition) is 5. The number of rotatable bonds is 7. The van der Waals surface area contributed by atoms with E-state index in [4.69, 9.17) is 14.2 Å². The lowest BCUT2D eigenvalue weighted by Crippen LogP contribution is -2.32. The van der Waals surface area contributed by atoms with Crippen molar-refractivity contribution in [3.8, 4) is 11.5 Å². The van der Waals surface area contributed by atoms with Crippen molar-refractivity contribution >= 4 is 5.91 Å². The summed E-state index contributed by atoms with van der Waals surface area (Å²) in [4.78, 5) is 12.8. The molecule has 146 valence electrons. The summed E-state index contributed by atoms with van der Waals surface area (Å²) in [7, 11) is 3.50. The Morgan fingerprint density at radius 2 is 2.22 bits per heavy atom. The highest BCUT2D eigenvalue weighted by atomic mass is 16.5. The lowest BCUT2D eigenvalue weighted by molar-refractivity contribution is -0.126. The molecule has 7 nitrogen and oxygen atoms in total. The van der Waals surface area contributed by atoms with Crippen LogP contribution in [0.2, 0.25) is 0 Å². The molecule has 7 heteroatoms. The first-order valence-electron chi connectivity index (χ1n) is 9.22. The molecule has 0 bridgehead atoms. The third-order valence-corrected chi connectivity index (χ3v) is 5.00. The minimum atomic E-state index is -0.242. The fourth-order valence-electron chi connectivity index (χ4n) is 3.38. The highest BCUT2D eigenvalue weighted by Gasteiger charge is 2.36. The van der Waals surface area contributed by atoms with Gasteiger partial charge in [-0.3, -0.25) is 9.48 Å². The Balaban J connectivity index is 1.66. The zero-order valence-electron chi connectivity index (χ0n) is 16.3. The molecule has 3 rings (SSSR count). The predicted molar refractivity (Wildman–Crippen MR) is 101 cm³/mol. The number of hydrogen-bond donors (Lipinski definition) is 1. The molecule has 1 aromatic carbocycles. The van der Waals surface area contributed by atoms with Crippen LogP contribution < -0.4 is 14.8 Å². The normalized spacial score (nSPS) is 19.1. The summed E-state index contributed by atoms with van der Waals surface area (Å²) in [6, 6.07) is 5.68. The monoisotopic (exact) mass is 373 g/mol. The molecule has 1 saturated heterocycles. The number of carbonyl (C=O) groups is 1. The molecule has 0 saturated carbocycles. The Labute approximate surface area is 159 Å². The average Bonchev–Trinajstić information content (AvgIpc) is 3.27. The van der Waals surface area contributed by atoms with E-state index in [0.717, 1.165) is 16.8 Å². The average molecular weight is 373 g/mol. The molecule has 1 aliphatic heterocycles. The summed E-state index contributed by atoms with van der Waals surface area (Å²) < 4.78 is 18.6. The number of nitrogens with zero attached hydrogens (tertiary/aromatic N) is 2. The number of ether oxygens (including phenoxy) is 3. The van der Waals surface area contributed by atoms with Crippen LogP contribution in [0.15, 0.2) is 24.4 Å². The van der Waals surface area contributed by atoms with E-state index in [1.165, 1.54) is 0 Å². The molecule has 1 fully saturated rings. The number of nitrogens with one attached hydrogen (secondary N) is 1. The number of methoxy groups -OCH3 is 1. The molecular formula is C20H27N3O4. The fourth-order valence-corrected chi connectivity index (χ4v) is 3.38. The summed E-state index contributed by atoms with van der Waals surface area (Å²) in [5, 5.41) is 7.30. The SMILES string of the molecule is CCOc1cc(CNC(=O)[C@H]2CCO[C@@H]2c2cnn(C)c2C)ccc1OC. The van der Waals surface area contributed by atoms with Crippen molar-refractivity contribution in [1.82, 2.24) is 15.1 Å². The minimum absolute atomic E-state index is 0.00506. The predicted octanol–water partition coefficient (Wildman–Crippen LogP) is 2.53. The zero-order valence-corrected chi connectivity index (χ0v) is 16.3. The van der Waals surface area contributed by atoms with Crippen molar-refractivity contribution in [3.63, 3.8) is 0 Å². The Hall–Kier alpha value is -2.54. The van der Waals surface area contributed by atoms with Gasteiger partial charge < -0.3 is 19.5 Å². The highest BCUT2D eigenvalue weighted by Crippen LogP contribution is 2.36. The lowest BCUT2D eigenvalue weighted by atomic mass is 9.95. The zero-order chi connectivity index (χ0) is 19.4. The third-order valence-electron chi connectivity index (χ3n) is 5.00. The maximum Gasteiger partial charge on any atom is 0.226 e. The molecule has 1 aromatic heterocycles. The first kappa shape index (κ1) is 19.2. The summed E-state index contributed by atoms with van der Waals surface area (Å²) >= 11 is 0. The number of aryl methyl sites for hydroxylation is 1. The van der Waals surface area contributed by atoms with E-state index in [-0.39, 0.29) is 17.9 Å². The van der Waals surface area contributed by atoms with Gasteiger partial charge in [-0.15, -0.1) is 0 Å². The molecule has 1 N–H and O–H groups in total. The van der Waals surface area contributed by atoms with Gasteiger partial charge in [0.05, 0.1) is 31.9 Å². The second-order valence-electron chi connectivity index (χ2n) is 6.63. The molecule has 1 aliphatic rings. The van der Waals surface area contributed by atoms with Crippen LogP contribution in [0.4, 0.5) is 0 Å². The molecule has 27 heavy (non-hydrogen) atoms. The lowest BCUT2D eigenvalue weighted by Gasteiger charge is -2.18. The van der Waals surface area contributed by atoms with Crippen LogP contribution in [0.5, 0.6) is 11.5 Å². The van der Waals surface area contributed by atoms with Crippen LogP contribution in [0.1, 0.15) is 36.3 Å². The van der Waals surface area contributed by atoms with Gasteiger partial charge in [0, 0.05) is 31.5 Å². The van der Waals surface area contributed by atoms with Crippen LogP contribution in [0, 0.1) is 12.8 Å². The molecule has 0 unspecified atom stereocenters. The third kappa shape index (κ3) is 4.08. The molecule has 2 aromatic rings. The number of amides is 1. The number of aromatic nitrogens is 2. The topological polar surface area (TPSA) is 74.6 Å². The Bertz CT molecular complexity index is 803.